The second-order valence-electron chi connectivity index (χ2n) is 9.75. The summed E-state index contributed by atoms with van der Waals surface area (Å²) in [4.78, 5) is 16.2. The fourth-order valence-electron chi connectivity index (χ4n) is 5.25. The van der Waals surface area contributed by atoms with Gasteiger partial charge >= 0.3 is 5.97 Å². The summed E-state index contributed by atoms with van der Waals surface area (Å²) in [7, 11) is 1.38. The average Bonchev–Trinajstić information content (AvgIpc) is 3.36. The number of carbonyl (C=O) groups is 1. The Hall–Kier alpha value is -3.89. The van der Waals surface area contributed by atoms with Gasteiger partial charge in [0.25, 0.3) is 0 Å². The molecule has 0 bridgehead atoms. The topological polar surface area (TPSA) is 66.9 Å². The van der Waals surface area contributed by atoms with Crippen molar-refractivity contribution in [1.82, 2.24) is 4.98 Å². The number of rotatable bonds is 8. The summed E-state index contributed by atoms with van der Waals surface area (Å²) >= 11 is 0. The maximum Gasteiger partial charge on any atom is 0.307 e. The van der Waals surface area contributed by atoms with Crippen LogP contribution in [0.3, 0.4) is 0 Å². The van der Waals surface area contributed by atoms with Crippen molar-refractivity contribution in [2.45, 2.75) is 57.2 Å². The molecule has 7 heteroatoms. The lowest BCUT2D eigenvalue weighted by Gasteiger charge is -2.22. The molecule has 202 valence electrons. The van der Waals surface area contributed by atoms with Gasteiger partial charge in [-0.15, -0.1) is 5.92 Å². The van der Waals surface area contributed by atoms with Crippen molar-refractivity contribution in [2.75, 3.05) is 20.3 Å². The lowest BCUT2D eigenvalue weighted by molar-refractivity contribution is -0.140. The lowest BCUT2D eigenvalue weighted by atomic mass is 9.96. The smallest absolute Gasteiger partial charge is 0.307 e. The normalized spacial score (nSPS) is 17.5. The van der Waals surface area contributed by atoms with E-state index < -0.39 is 0 Å². The summed E-state index contributed by atoms with van der Waals surface area (Å²) in [5.74, 6) is 6.41. The minimum Gasteiger partial charge on any atom is -0.486 e. The second-order valence-corrected chi connectivity index (χ2v) is 9.75. The van der Waals surface area contributed by atoms with Crippen molar-refractivity contribution in [3.8, 4) is 34.6 Å². The van der Waals surface area contributed by atoms with Crippen LogP contribution in [-0.2, 0) is 20.7 Å². The molecule has 0 amide bonds. The van der Waals surface area contributed by atoms with Gasteiger partial charge in [0.05, 0.1) is 32.7 Å². The SMILES string of the molecule is CC#C[C@@H](CC(=O)OC)c1ccc(O[C@@H]2CCc3c2ccc(F)c3-c2ccc(OC3CCOCC3)nc2)cc1. The van der Waals surface area contributed by atoms with Gasteiger partial charge in [-0.2, -0.15) is 0 Å². The van der Waals surface area contributed by atoms with Crippen LogP contribution < -0.4 is 9.47 Å². The van der Waals surface area contributed by atoms with Crippen molar-refractivity contribution in [2.24, 2.45) is 0 Å². The number of hydrogen-bond donors (Lipinski definition) is 0. The van der Waals surface area contributed by atoms with Crippen LogP contribution in [0.15, 0.2) is 54.7 Å². The van der Waals surface area contributed by atoms with Gasteiger partial charge in [-0.05, 0) is 60.7 Å². The van der Waals surface area contributed by atoms with Crippen molar-refractivity contribution in [1.29, 1.82) is 0 Å². The summed E-state index contributed by atoms with van der Waals surface area (Å²) in [5.41, 5.74) is 4.16. The van der Waals surface area contributed by atoms with Crippen molar-refractivity contribution >= 4 is 5.97 Å². The van der Waals surface area contributed by atoms with Gasteiger partial charge in [-0.1, -0.05) is 24.1 Å². The summed E-state index contributed by atoms with van der Waals surface area (Å²) in [5, 5.41) is 0. The first kappa shape index (κ1) is 26.7. The van der Waals surface area contributed by atoms with Crippen LogP contribution in [0.1, 0.15) is 61.3 Å². The van der Waals surface area contributed by atoms with Crippen molar-refractivity contribution < 1.29 is 28.1 Å². The van der Waals surface area contributed by atoms with E-state index in [1.807, 2.05) is 42.5 Å². The van der Waals surface area contributed by atoms with E-state index in [1.165, 1.54) is 13.2 Å². The highest BCUT2D eigenvalue weighted by Gasteiger charge is 2.29. The Morgan fingerprint density at radius 2 is 1.87 bits per heavy atom. The number of halogens is 1. The van der Waals surface area contributed by atoms with E-state index >= 15 is 4.39 Å². The minimum absolute atomic E-state index is 0.0973. The monoisotopic (exact) mass is 529 g/mol. The third-order valence-electron chi connectivity index (χ3n) is 7.26. The maximum absolute atomic E-state index is 15.1. The molecule has 2 heterocycles. The van der Waals surface area contributed by atoms with Crippen molar-refractivity contribution in [3.63, 3.8) is 0 Å². The Bertz CT molecular complexity index is 1350. The average molecular weight is 530 g/mol. The molecule has 2 aliphatic rings. The zero-order chi connectivity index (χ0) is 27.2. The quantitative estimate of drug-likeness (QED) is 0.256. The minimum atomic E-state index is -0.301. The number of carbonyl (C=O) groups excluding carboxylic acids is 1. The number of esters is 1. The first-order chi connectivity index (χ1) is 19.1. The summed E-state index contributed by atoms with van der Waals surface area (Å²) < 4.78 is 37.6. The molecular formula is C32H32FNO5. The van der Waals surface area contributed by atoms with E-state index in [0.717, 1.165) is 41.5 Å². The van der Waals surface area contributed by atoms with E-state index in [4.69, 9.17) is 18.9 Å². The van der Waals surface area contributed by atoms with Gasteiger partial charge in [-0.25, -0.2) is 9.37 Å². The van der Waals surface area contributed by atoms with Gasteiger partial charge in [-0.3, -0.25) is 4.79 Å². The number of aromatic nitrogens is 1. The lowest BCUT2D eigenvalue weighted by Crippen LogP contribution is -2.26. The summed E-state index contributed by atoms with van der Waals surface area (Å²) in [6.07, 6.45) is 4.93. The maximum atomic E-state index is 15.1. The second kappa shape index (κ2) is 12.3. The molecule has 0 N–H and O–H groups in total. The molecule has 39 heavy (non-hydrogen) atoms. The molecule has 1 aliphatic carbocycles. The number of nitrogens with zero attached hydrogens (tertiary/aromatic N) is 1. The standard InChI is InChI=1S/C32H32FNO5/c1-3-4-22(19-31(35)36-2)21-5-8-24(9-6-21)38-29-13-11-27-26(29)10-12-28(33)32(27)23-7-14-30(34-20-23)39-25-15-17-37-18-16-25/h5-10,12,14,20,22,25,29H,11,13,15-19H2,1-2H3/t22-,29+/m0/s1. The number of hydrogen-bond acceptors (Lipinski definition) is 6. The Balaban J connectivity index is 1.30. The van der Waals surface area contributed by atoms with E-state index in [9.17, 15) is 4.79 Å². The first-order valence-corrected chi connectivity index (χ1v) is 13.3. The fourth-order valence-corrected chi connectivity index (χ4v) is 5.25. The molecule has 2 aromatic carbocycles. The van der Waals surface area contributed by atoms with Gasteiger partial charge in [0, 0.05) is 36.2 Å². The Morgan fingerprint density at radius 3 is 2.56 bits per heavy atom. The fraction of sp³-hybridized carbons (Fsp3) is 0.375. The van der Waals surface area contributed by atoms with Gasteiger partial charge in [0.2, 0.25) is 5.88 Å². The highest BCUT2D eigenvalue weighted by Crippen LogP contribution is 2.41. The first-order valence-electron chi connectivity index (χ1n) is 13.3. The molecule has 0 saturated carbocycles. The van der Waals surface area contributed by atoms with Crippen LogP contribution >= 0.6 is 0 Å². The molecule has 1 aliphatic heterocycles. The third kappa shape index (κ3) is 6.23. The number of ether oxygens (including phenoxy) is 4. The number of fused-ring (bicyclic) bond motifs is 1. The molecule has 6 nitrogen and oxygen atoms in total. The van der Waals surface area contributed by atoms with Gasteiger partial charge < -0.3 is 18.9 Å². The predicted octanol–water partition coefficient (Wildman–Crippen LogP) is 6.18. The van der Waals surface area contributed by atoms with Crippen LogP contribution in [0.5, 0.6) is 11.6 Å². The highest BCUT2D eigenvalue weighted by atomic mass is 19.1. The Morgan fingerprint density at radius 1 is 1.08 bits per heavy atom. The molecule has 0 spiro atoms. The molecule has 2 atom stereocenters. The van der Waals surface area contributed by atoms with Crippen LogP contribution in [0.2, 0.25) is 0 Å². The van der Waals surface area contributed by atoms with Crippen LogP contribution in [0.25, 0.3) is 11.1 Å². The summed E-state index contributed by atoms with van der Waals surface area (Å²) in [6, 6.07) is 14.6. The Labute approximate surface area is 228 Å². The molecule has 1 aromatic heterocycles. The molecule has 0 unspecified atom stereocenters. The van der Waals surface area contributed by atoms with E-state index in [-0.39, 0.29) is 36.3 Å². The zero-order valence-electron chi connectivity index (χ0n) is 22.2. The number of methoxy groups -OCH3 is 1. The largest absolute Gasteiger partial charge is 0.486 e. The van der Waals surface area contributed by atoms with E-state index in [0.29, 0.717) is 36.8 Å². The van der Waals surface area contributed by atoms with E-state index in [1.54, 1.807) is 13.1 Å². The molecular weight excluding hydrogens is 497 g/mol. The number of pyridine rings is 1. The van der Waals surface area contributed by atoms with Gasteiger partial charge in [0.1, 0.15) is 23.8 Å². The molecule has 1 saturated heterocycles. The highest BCUT2D eigenvalue weighted by molar-refractivity contribution is 5.71. The zero-order valence-corrected chi connectivity index (χ0v) is 22.2. The van der Waals surface area contributed by atoms with Crippen LogP contribution in [-0.4, -0.2) is 37.4 Å². The van der Waals surface area contributed by atoms with Gasteiger partial charge in [0.15, 0.2) is 0 Å². The summed E-state index contributed by atoms with van der Waals surface area (Å²) in [6.45, 7) is 3.14. The molecule has 0 radical (unpaired) electrons. The van der Waals surface area contributed by atoms with Crippen LogP contribution in [0.4, 0.5) is 4.39 Å². The third-order valence-corrected chi connectivity index (χ3v) is 7.26. The van der Waals surface area contributed by atoms with Crippen molar-refractivity contribution in [3.05, 3.63) is 77.2 Å². The molecule has 1 fully saturated rings. The van der Waals surface area contributed by atoms with Crippen LogP contribution in [0, 0.1) is 17.7 Å². The van der Waals surface area contributed by atoms with E-state index in [2.05, 4.69) is 16.8 Å². The predicted molar refractivity (Wildman–Crippen MR) is 145 cm³/mol. The molecule has 3 aromatic rings. The Kier molecular flexibility index (Phi) is 8.43. The number of benzene rings is 2. The molecule has 5 rings (SSSR count).